The Bertz CT molecular complexity index is 772. The summed E-state index contributed by atoms with van der Waals surface area (Å²) in [4.78, 5) is 23.8. The van der Waals surface area contributed by atoms with E-state index >= 15 is 0 Å². The number of nitrogens with two attached hydrogens (primary N) is 2. The van der Waals surface area contributed by atoms with Gasteiger partial charge in [0.05, 0.1) is 16.2 Å². The monoisotopic (exact) mass is 334 g/mol. The molecular formula is C15H19ClN6O. The third-order valence-electron chi connectivity index (χ3n) is 3.94. The average Bonchev–Trinajstić information content (AvgIpc) is 2.91. The fourth-order valence-electron chi connectivity index (χ4n) is 2.69. The van der Waals surface area contributed by atoms with Gasteiger partial charge in [-0.1, -0.05) is 11.6 Å². The highest BCUT2D eigenvalue weighted by Crippen LogP contribution is 2.30. The van der Waals surface area contributed by atoms with Crippen LogP contribution in [0.4, 0.5) is 5.69 Å². The summed E-state index contributed by atoms with van der Waals surface area (Å²) in [5.74, 6) is -0.0570. The van der Waals surface area contributed by atoms with Gasteiger partial charge in [-0.25, -0.2) is 4.99 Å². The number of rotatable bonds is 2. The van der Waals surface area contributed by atoms with Gasteiger partial charge >= 0.3 is 0 Å². The molecule has 0 saturated carbocycles. The zero-order valence-electron chi connectivity index (χ0n) is 12.8. The lowest BCUT2D eigenvalue weighted by Crippen LogP contribution is -2.47. The van der Waals surface area contributed by atoms with Crippen molar-refractivity contribution in [1.82, 2.24) is 14.8 Å². The van der Waals surface area contributed by atoms with Crippen molar-refractivity contribution in [2.24, 2.45) is 16.5 Å². The van der Waals surface area contributed by atoms with Crippen LogP contribution in [0.1, 0.15) is 10.5 Å². The number of hydrogen-bond acceptors (Lipinski definition) is 3. The highest BCUT2D eigenvalue weighted by atomic mass is 35.5. The van der Waals surface area contributed by atoms with E-state index in [1.807, 2.05) is 4.90 Å². The fraction of sp³-hybridized carbons (Fsp3) is 0.333. The molecule has 23 heavy (non-hydrogen) atoms. The van der Waals surface area contributed by atoms with Crippen LogP contribution in [0.15, 0.2) is 23.2 Å². The van der Waals surface area contributed by atoms with Crippen LogP contribution >= 0.6 is 11.6 Å². The zero-order chi connectivity index (χ0) is 16.6. The Hall–Kier alpha value is -2.25. The van der Waals surface area contributed by atoms with E-state index in [9.17, 15) is 4.79 Å². The Morgan fingerprint density at radius 3 is 2.57 bits per heavy atom. The lowest BCUT2D eigenvalue weighted by Gasteiger charge is -2.32. The van der Waals surface area contributed by atoms with Crippen LogP contribution < -0.4 is 11.5 Å². The van der Waals surface area contributed by atoms with Gasteiger partial charge in [0.1, 0.15) is 5.69 Å². The SMILES string of the molecule is CN1CCN(C(=O)c2cc3cc(N=C(N)N)cc(Cl)c3[nH]2)CC1. The Kier molecular flexibility index (Phi) is 4.14. The highest BCUT2D eigenvalue weighted by Gasteiger charge is 2.22. The number of likely N-dealkylation sites (N-methyl/N-ethyl adjacent to an activating group) is 1. The number of nitrogens with zero attached hydrogens (tertiary/aromatic N) is 3. The lowest BCUT2D eigenvalue weighted by atomic mass is 10.2. The van der Waals surface area contributed by atoms with Gasteiger partial charge in [0.15, 0.2) is 5.96 Å². The van der Waals surface area contributed by atoms with Crippen LogP contribution in [-0.2, 0) is 0 Å². The first kappa shape index (κ1) is 15.6. The topological polar surface area (TPSA) is 104 Å². The molecule has 8 heteroatoms. The van der Waals surface area contributed by atoms with E-state index in [1.54, 1.807) is 18.2 Å². The molecule has 2 heterocycles. The maximum Gasteiger partial charge on any atom is 0.270 e. The molecule has 1 amide bonds. The van der Waals surface area contributed by atoms with Crippen LogP contribution in [0.3, 0.4) is 0 Å². The maximum absolute atomic E-state index is 12.6. The molecule has 1 fully saturated rings. The number of nitrogens with one attached hydrogen (secondary N) is 1. The predicted octanol–water partition coefficient (Wildman–Crippen LogP) is 1.11. The predicted molar refractivity (Wildman–Crippen MR) is 92.2 cm³/mol. The minimum Gasteiger partial charge on any atom is -0.370 e. The fourth-order valence-corrected chi connectivity index (χ4v) is 2.96. The molecule has 0 unspecified atom stereocenters. The highest BCUT2D eigenvalue weighted by molar-refractivity contribution is 6.35. The van der Waals surface area contributed by atoms with Gasteiger partial charge in [-0.2, -0.15) is 0 Å². The van der Waals surface area contributed by atoms with Crippen LogP contribution in [0.25, 0.3) is 10.9 Å². The summed E-state index contributed by atoms with van der Waals surface area (Å²) in [7, 11) is 2.05. The molecule has 1 aliphatic heterocycles. The Balaban J connectivity index is 1.92. The van der Waals surface area contributed by atoms with Crippen molar-refractivity contribution in [3.63, 3.8) is 0 Å². The minimum atomic E-state index is -0.0373. The van der Waals surface area contributed by atoms with Crippen molar-refractivity contribution in [2.45, 2.75) is 0 Å². The summed E-state index contributed by atoms with van der Waals surface area (Å²) < 4.78 is 0. The van der Waals surface area contributed by atoms with Crippen LogP contribution in [0.5, 0.6) is 0 Å². The van der Waals surface area contributed by atoms with Gasteiger partial charge in [-0.15, -0.1) is 0 Å². The van der Waals surface area contributed by atoms with E-state index in [2.05, 4.69) is 21.9 Å². The molecule has 3 rings (SSSR count). The second kappa shape index (κ2) is 6.10. The summed E-state index contributed by atoms with van der Waals surface area (Å²) >= 11 is 6.25. The third kappa shape index (κ3) is 3.25. The largest absolute Gasteiger partial charge is 0.370 e. The number of benzene rings is 1. The molecule has 5 N–H and O–H groups in total. The Labute approximate surface area is 138 Å². The molecular weight excluding hydrogens is 316 g/mol. The van der Waals surface area contributed by atoms with Gasteiger partial charge in [0.2, 0.25) is 0 Å². The number of piperazine rings is 1. The van der Waals surface area contributed by atoms with E-state index in [-0.39, 0.29) is 11.9 Å². The smallest absolute Gasteiger partial charge is 0.270 e. The molecule has 0 spiro atoms. The second-order valence-corrected chi connectivity index (χ2v) is 6.11. The van der Waals surface area contributed by atoms with E-state index in [4.69, 9.17) is 23.1 Å². The second-order valence-electron chi connectivity index (χ2n) is 5.71. The number of halogens is 1. The molecule has 0 radical (unpaired) electrons. The van der Waals surface area contributed by atoms with Crippen molar-refractivity contribution in [3.05, 3.63) is 28.9 Å². The molecule has 0 aliphatic carbocycles. The van der Waals surface area contributed by atoms with Crippen LogP contribution in [0, 0.1) is 0 Å². The third-order valence-corrected chi connectivity index (χ3v) is 4.24. The van der Waals surface area contributed by atoms with E-state index in [1.165, 1.54) is 0 Å². The van der Waals surface area contributed by atoms with Crippen molar-refractivity contribution >= 4 is 40.1 Å². The number of aliphatic imine (C=N–C) groups is 1. The molecule has 1 aromatic carbocycles. The number of aromatic nitrogens is 1. The minimum absolute atomic E-state index is 0.0197. The lowest BCUT2D eigenvalue weighted by molar-refractivity contribution is 0.0659. The number of hydrogen-bond donors (Lipinski definition) is 3. The van der Waals surface area contributed by atoms with Crippen LogP contribution in [0.2, 0.25) is 5.02 Å². The standard InChI is InChI=1S/C15H19ClN6O/c1-21-2-4-22(5-3-21)14(23)12-7-9-6-10(19-15(17)18)8-11(16)13(9)20-12/h6-8,20H,2-5H2,1H3,(H4,17,18,19). The van der Waals surface area contributed by atoms with Crippen molar-refractivity contribution in [3.8, 4) is 0 Å². The number of fused-ring (bicyclic) bond motifs is 1. The first-order chi connectivity index (χ1) is 10.9. The first-order valence-electron chi connectivity index (χ1n) is 7.34. The van der Waals surface area contributed by atoms with E-state index < -0.39 is 0 Å². The quantitative estimate of drug-likeness (QED) is 0.565. The van der Waals surface area contributed by atoms with Crippen molar-refractivity contribution < 1.29 is 4.79 Å². The Morgan fingerprint density at radius 1 is 1.22 bits per heavy atom. The number of carbonyl (C=O) groups excluding carboxylic acids is 1. The molecule has 0 bridgehead atoms. The molecule has 7 nitrogen and oxygen atoms in total. The number of aromatic amines is 1. The zero-order valence-corrected chi connectivity index (χ0v) is 13.6. The summed E-state index contributed by atoms with van der Waals surface area (Å²) in [5.41, 5.74) is 12.6. The molecule has 0 atom stereocenters. The van der Waals surface area contributed by atoms with Gasteiger partial charge in [-0.05, 0) is 25.2 Å². The van der Waals surface area contributed by atoms with Gasteiger partial charge in [-0.3, -0.25) is 4.79 Å². The summed E-state index contributed by atoms with van der Waals surface area (Å²) in [6.07, 6.45) is 0. The summed E-state index contributed by atoms with van der Waals surface area (Å²) in [5, 5.41) is 1.27. The van der Waals surface area contributed by atoms with Gasteiger partial charge < -0.3 is 26.3 Å². The van der Waals surface area contributed by atoms with E-state index in [0.717, 1.165) is 31.6 Å². The molecule has 2 aromatic rings. The number of H-pyrrole nitrogens is 1. The average molecular weight is 335 g/mol. The molecule has 122 valence electrons. The summed E-state index contributed by atoms with van der Waals surface area (Å²) in [6.45, 7) is 3.19. The molecule has 1 saturated heterocycles. The van der Waals surface area contributed by atoms with Gasteiger partial charge in [0, 0.05) is 31.6 Å². The normalized spacial score (nSPS) is 15.8. The number of amides is 1. The summed E-state index contributed by atoms with van der Waals surface area (Å²) in [6, 6.07) is 5.23. The van der Waals surface area contributed by atoms with Gasteiger partial charge in [0.25, 0.3) is 5.91 Å². The Morgan fingerprint density at radius 2 is 1.91 bits per heavy atom. The van der Waals surface area contributed by atoms with Crippen molar-refractivity contribution in [2.75, 3.05) is 33.2 Å². The van der Waals surface area contributed by atoms with Crippen LogP contribution in [-0.4, -0.2) is 59.9 Å². The first-order valence-corrected chi connectivity index (χ1v) is 7.71. The van der Waals surface area contributed by atoms with Crippen molar-refractivity contribution in [1.29, 1.82) is 0 Å². The van der Waals surface area contributed by atoms with E-state index in [0.29, 0.717) is 21.9 Å². The molecule has 1 aromatic heterocycles. The molecule has 1 aliphatic rings. The number of guanidine groups is 1. The number of carbonyl (C=O) groups is 1. The maximum atomic E-state index is 12.6.